The predicted octanol–water partition coefficient (Wildman–Crippen LogP) is 7.18. The second-order valence-electron chi connectivity index (χ2n) is 11.6. The van der Waals surface area contributed by atoms with Crippen molar-refractivity contribution in [3.8, 4) is 11.1 Å². The van der Waals surface area contributed by atoms with E-state index in [0.717, 1.165) is 44.9 Å². The Balaban J connectivity index is 1.62. The minimum atomic E-state index is -1.16. The molecule has 0 unspecified atom stereocenters. The van der Waals surface area contributed by atoms with Gasteiger partial charge < -0.3 is 15.1 Å². The lowest BCUT2D eigenvalue weighted by Crippen LogP contribution is -2.47. The molecule has 2 aliphatic rings. The van der Waals surface area contributed by atoms with Crippen molar-refractivity contribution in [3.63, 3.8) is 0 Å². The van der Waals surface area contributed by atoms with Gasteiger partial charge in [0.2, 0.25) is 5.66 Å². The minimum absolute atomic E-state index is 0.287. The Labute approximate surface area is 287 Å². The zero-order valence-corrected chi connectivity index (χ0v) is 28.2. The van der Waals surface area contributed by atoms with Gasteiger partial charge in [-0.3, -0.25) is 4.99 Å². The second kappa shape index (κ2) is 14.9. The van der Waals surface area contributed by atoms with Gasteiger partial charge in [0.25, 0.3) is 0 Å². The molecule has 2 aliphatic heterocycles. The van der Waals surface area contributed by atoms with Crippen molar-refractivity contribution >= 4 is 24.2 Å². The smallest absolute Gasteiger partial charge is 0.356 e. The van der Waals surface area contributed by atoms with Crippen LogP contribution in [0.5, 0.6) is 0 Å². The molecule has 49 heavy (non-hydrogen) atoms. The molecule has 9 nitrogen and oxygen atoms in total. The largest absolute Gasteiger partial charge is 0.461 e. The van der Waals surface area contributed by atoms with Crippen LogP contribution in [-0.4, -0.2) is 45.4 Å². The van der Waals surface area contributed by atoms with E-state index in [1.807, 2.05) is 115 Å². The number of nitrogens with zero attached hydrogens (tertiary/aromatic N) is 6. The average molecular weight is 652 g/mol. The van der Waals surface area contributed by atoms with E-state index < -0.39 is 5.66 Å². The maximum absolute atomic E-state index is 13.3. The Morgan fingerprint density at radius 3 is 2.12 bits per heavy atom. The molecule has 0 fully saturated rings. The highest BCUT2D eigenvalue weighted by Gasteiger charge is 2.43. The van der Waals surface area contributed by atoms with Crippen molar-refractivity contribution in [2.75, 3.05) is 6.61 Å². The van der Waals surface area contributed by atoms with E-state index in [1.54, 1.807) is 6.21 Å². The molecule has 0 spiro atoms. The number of imidazole rings is 1. The van der Waals surface area contributed by atoms with Crippen LogP contribution < -0.4 is 5.84 Å². The quantitative estimate of drug-likeness (QED) is 0.0868. The van der Waals surface area contributed by atoms with Gasteiger partial charge >= 0.3 is 5.97 Å². The van der Waals surface area contributed by atoms with Crippen LogP contribution in [0, 0.1) is 0 Å². The van der Waals surface area contributed by atoms with Crippen molar-refractivity contribution in [1.29, 1.82) is 0 Å². The number of amidine groups is 1. The third-order valence-electron chi connectivity index (χ3n) is 8.69. The van der Waals surface area contributed by atoms with Crippen molar-refractivity contribution in [2.45, 2.75) is 52.2 Å². The van der Waals surface area contributed by atoms with E-state index in [4.69, 9.17) is 25.7 Å². The summed E-state index contributed by atoms with van der Waals surface area (Å²) >= 11 is 0. The second-order valence-corrected chi connectivity index (χ2v) is 11.6. The maximum Gasteiger partial charge on any atom is 0.356 e. The molecular formula is C40H41N7O2. The van der Waals surface area contributed by atoms with Crippen molar-refractivity contribution < 1.29 is 9.53 Å². The number of aliphatic imine (C=N–C) groups is 1. The third kappa shape index (κ3) is 6.39. The molecule has 0 amide bonds. The van der Waals surface area contributed by atoms with E-state index in [-0.39, 0.29) is 12.6 Å². The fourth-order valence-electron chi connectivity index (χ4n) is 6.50. The maximum atomic E-state index is 13.3. The third-order valence-corrected chi connectivity index (χ3v) is 8.69. The Morgan fingerprint density at radius 2 is 1.53 bits per heavy atom. The van der Waals surface area contributed by atoms with Crippen LogP contribution in [0.3, 0.4) is 0 Å². The molecule has 248 valence electrons. The summed E-state index contributed by atoms with van der Waals surface area (Å²) in [4.78, 5) is 23.4. The van der Waals surface area contributed by atoms with Gasteiger partial charge in [0.15, 0.2) is 11.5 Å². The molecule has 5 aromatic rings. The van der Waals surface area contributed by atoms with Crippen LogP contribution in [0.4, 0.5) is 0 Å². The molecule has 3 heterocycles. The van der Waals surface area contributed by atoms with Gasteiger partial charge in [-0.2, -0.15) is 10.2 Å². The van der Waals surface area contributed by atoms with E-state index >= 15 is 0 Å². The van der Waals surface area contributed by atoms with Gasteiger partial charge in [0.05, 0.1) is 12.3 Å². The lowest BCUT2D eigenvalue weighted by atomic mass is 9.89. The summed E-state index contributed by atoms with van der Waals surface area (Å²) in [5.41, 5.74) is 5.59. The SMILES string of the molecule is CC=NC(c1ccccc1)(c1ccccc1)N1N=CCCc2nc(CC)c(C(=O)OCC)n2Cc2ccc(cc2)-c2ccccc2C1=NN. The van der Waals surface area contributed by atoms with Crippen LogP contribution >= 0.6 is 0 Å². The molecule has 0 aliphatic carbocycles. The zero-order valence-electron chi connectivity index (χ0n) is 28.2. The number of aryl methyl sites for hydroxylation is 2. The number of rotatable bonds is 7. The van der Waals surface area contributed by atoms with Crippen LogP contribution in [0.15, 0.2) is 124 Å². The fraction of sp³-hybridized carbons (Fsp3) is 0.225. The fourth-order valence-corrected chi connectivity index (χ4v) is 6.50. The molecule has 1 aromatic heterocycles. The molecule has 0 saturated heterocycles. The number of hydrazone groups is 2. The normalized spacial score (nSPS) is 14.3. The number of fused-ring (bicyclic) bond motifs is 6. The monoisotopic (exact) mass is 651 g/mol. The lowest BCUT2D eigenvalue weighted by molar-refractivity contribution is 0.0512. The predicted molar refractivity (Wildman–Crippen MR) is 196 cm³/mol. The van der Waals surface area contributed by atoms with Gasteiger partial charge in [0.1, 0.15) is 5.82 Å². The molecule has 2 bridgehead atoms. The van der Waals surface area contributed by atoms with Gasteiger partial charge in [0, 0.05) is 35.9 Å². The Bertz CT molecular complexity index is 1940. The molecule has 9 heteroatoms. The Morgan fingerprint density at radius 1 is 0.898 bits per heavy atom. The summed E-state index contributed by atoms with van der Waals surface area (Å²) in [6.07, 6.45) is 5.32. The topological polar surface area (TPSA) is 110 Å². The van der Waals surface area contributed by atoms with Crippen LogP contribution in [0.25, 0.3) is 11.1 Å². The summed E-state index contributed by atoms with van der Waals surface area (Å²) in [5, 5.41) is 11.5. The van der Waals surface area contributed by atoms with Crippen LogP contribution in [0.2, 0.25) is 0 Å². The first kappa shape index (κ1) is 33.1. The molecule has 4 aromatic carbocycles. The molecule has 7 rings (SSSR count). The molecule has 2 N–H and O–H groups in total. The van der Waals surface area contributed by atoms with Gasteiger partial charge in [-0.1, -0.05) is 116 Å². The first-order chi connectivity index (χ1) is 24.0. The molecule has 0 atom stereocenters. The number of aromatic nitrogens is 2. The Kier molecular flexibility index (Phi) is 10.1. The van der Waals surface area contributed by atoms with Crippen molar-refractivity contribution in [1.82, 2.24) is 14.6 Å². The Hall–Kier alpha value is -5.83. The van der Waals surface area contributed by atoms with Crippen LogP contribution in [0.1, 0.15) is 71.5 Å². The van der Waals surface area contributed by atoms with E-state index in [1.165, 1.54) is 0 Å². The summed E-state index contributed by atoms with van der Waals surface area (Å²) in [5.74, 6) is 7.25. The highest BCUT2D eigenvalue weighted by Crippen LogP contribution is 2.40. The summed E-state index contributed by atoms with van der Waals surface area (Å²) in [7, 11) is 0. The number of carbonyl (C=O) groups excluding carboxylic acids is 1. The number of ether oxygens (including phenoxy) is 1. The number of nitrogens with two attached hydrogens (primary N) is 1. The van der Waals surface area contributed by atoms with E-state index in [9.17, 15) is 4.79 Å². The highest BCUT2D eigenvalue weighted by atomic mass is 16.5. The van der Waals surface area contributed by atoms with Gasteiger partial charge in [-0.05, 0) is 49.6 Å². The lowest BCUT2D eigenvalue weighted by Gasteiger charge is -2.40. The van der Waals surface area contributed by atoms with Gasteiger partial charge in [-0.25, -0.2) is 14.8 Å². The van der Waals surface area contributed by atoms with E-state index in [2.05, 4.69) is 35.4 Å². The van der Waals surface area contributed by atoms with E-state index in [0.29, 0.717) is 37.3 Å². The van der Waals surface area contributed by atoms with Crippen molar-refractivity contribution in [2.24, 2.45) is 21.0 Å². The average Bonchev–Trinajstić information content (AvgIpc) is 3.49. The summed E-state index contributed by atoms with van der Waals surface area (Å²) in [6.45, 7) is 6.49. The number of benzene rings is 4. The number of hydrogen-bond acceptors (Lipinski definition) is 7. The van der Waals surface area contributed by atoms with Crippen LogP contribution in [-0.2, 0) is 29.8 Å². The van der Waals surface area contributed by atoms with Gasteiger partial charge in [-0.15, -0.1) is 0 Å². The highest BCUT2D eigenvalue weighted by molar-refractivity contribution is 6.05. The number of hydrogen-bond donors (Lipinski definition) is 1. The summed E-state index contributed by atoms with van der Waals surface area (Å²) in [6, 6.07) is 36.5. The molecule has 0 radical (unpaired) electrons. The zero-order chi connectivity index (χ0) is 34.2. The molecular weight excluding hydrogens is 610 g/mol. The first-order valence-corrected chi connectivity index (χ1v) is 16.7. The standard InChI is InChI=1S/C40H41N7O2/c1-4-35-37(39(48)49-6-3)46-28-29-23-25-30(26-24-29)33-20-13-14-21-34(33)38(45-41)47(43-27-15-22-36(46)44-35)40(42-5-2,31-16-9-7-10-17-31)32-18-11-8-12-19-32/h5,7-14,16-21,23-27H,4,6,15,22,28,41H2,1-3H3. The number of esters is 1. The summed E-state index contributed by atoms with van der Waals surface area (Å²) < 4.78 is 7.50. The van der Waals surface area contributed by atoms with Crippen molar-refractivity contribution in [3.05, 3.63) is 149 Å². The first-order valence-electron chi connectivity index (χ1n) is 16.7. The molecule has 0 saturated carbocycles. The minimum Gasteiger partial charge on any atom is -0.461 e. The number of carbonyl (C=O) groups is 1.